The topological polar surface area (TPSA) is 77.4 Å². The fourth-order valence-corrected chi connectivity index (χ4v) is 5.20. The van der Waals surface area contributed by atoms with E-state index in [-0.39, 0.29) is 5.91 Å². The summed E-state index contributed by atoms with van der Waals surface area (Å²) in [7, 11) is 3.16. The third-order valence-electron chi connectivity index (χ3n) is 7.33. The van der Waals surface area contributed by atoms with Crippen LogP contribution in [0.25, 0.3) is 10.8 Å². The molecule has 42 heavy (non-hydrogen) atoms. The highest BCUT2D eigenvalue weighted by Gasteiger charge is 2.35. The van der Waals surface area contributed by atoms with Crippen LogP contribution in [0.2, 0.25) is 0 Å². The Balaban J connectivity index is 1.46. The van der Waals surface area contributed by atoms with Crippen molar-refractivity contribution in [2.45, 2.75) is 12.5 Å². The Morgan fingerprint density at radius 2 is 1.40 bits per heavy atom. The Morgan fingerprint density at radius 3 is 2.12 bits per heavy atom. The van der Waals surface area contributed by atoms with E-state index in [1.807, 2.05) is 78.9 Å². The van der Waals surface area contributed by atoms with Gasteiger partial charge in [-0.2, -0.15) is 5.10 Å². The zero-order valence-electron chi connectivity index (χ0n) is 23.2. The zero-order chi connectivity index (χ0) is 29.1. The maximum absolute atomic E-state index is 13.8. The predicted octanol–water partition coefficient (Wildman–Crippen LogP) is 7.07. The Morgan fingerprint density at radius 1 is 0.738 bits per heavy atom. The van der Waals surface area contributed by atoms with Gasteiger partial charge in [0.1, 0.15) is 5.75 Å². The van der Waals surface area contributed by atoms with Gasteiger partial charge in [-0.05, 0) is 53.4 Å². The monoisotopic (exact) mass is 556 g/mol. The van der Waals surface area contributed by atoms with Gasteiger partial charge in [0, 0.05) is 22.9 Å². The summed E-state index contributed by atoms with van der Waals surface area (Å²) in [6.07, 6.45) is 0.391. The number of carbonyl (C=O) groups is 2. The molecule has 0 fully saturated rings. The van der Waals surface area contributed by atoms with E-state index in [0.29, 0.717) is 46.1 Å². The lowest BCUT2D eigenvalue weighted by Crippen LogP contribution is -2.27. The summed E-state index contributed by atoms with van der Waals surface area (Å²) < 4.78 is 17.1. The largest absolute Gasteiger partial charge is 0.493 e. The number of hydrogen-bond donors (Lipinski definition) is 0. The second-order valence-electron chi connectivity index (χ2n) is 9.82. The summed E-state index contributed by atoms with van der Waals surface area (Å²) in [6, 6.07) is 34.7. The van der Waals surface area contributed by atoms with Crippen molar-refractivity contribution < 1.29 is 23.8 Å². The van der Waals surface area contributed by atoms with Crippen molar-refractivity contribution in [1.82, 2.24) is 5.01 Å². The quantitative estimate of drug-likeness (QED) is 0.158. The van der Waals surface area contributed by atoms with Crippen molar-refractivity contribution in [3.8, 4) is 17.2 Å². The first kappa shape index (κ1) is 26.8. The van der Waals surface area contributed by atoms with Crippen LogP contribution in [0, 0.1) is 0 Å². The highest BCUT2D eigenvalue weighted by atomic mass is 16.5. The molecule has 0 saturated carbocycles. The third-order valence-corrected chi connectivity index (χ3v) is 7.33. The lowest BCUT2D eigenvalue weighted by molar-refractivity contribution is 0.0708. The molecule has 0 unspecified atom stereocenters. The van der Waals surface area contributed by atoms with Gasteiger partial charge in [-0.15, -0.1) is 0 Å². The minimum Gasteiger partial charge on any atom is -0.493 e. The van der Waals surface area contributed by atoms with Gasteiger partial charge in [0.25, 0.3) is 5.91 Å². The first-order chi connectivity index (χ1) is 20.6. The van der Waals surface area contributed by atoms with Gasteiger partial charge in [-0.1, -0.05) is 72.8 Å². The highest BCUT2D eigenvalue weighted by Crippen LogP contribution is 2.41. The second kappa shape index (κ2) is 11.6. The summed E-state index contributed by atoms with van der Waals surface area (Å²) in [5.74, 6) is 0.833. The molecule has 1 atom stereocenters. The lowest BCUT2D eigenvalue weighted by Gasteiger charge is -2.23. The van der Waals surface area contributed by atoms with E-state index >= 15 is 0 Å². The lowest BCUT2D eigenvalue weighted by atomic mass is 9.95. The molecule has 5 aromatic rings. The number of carbonyl (C=O) groups excluding carboxylic acids is 2. The molecule has 7 nitrogen and oxygen atoms in total. The van der Waals surface area contributed by atoms with Crippen molar-refractivity contribution >= 4 is 28.4 Å². The molecule has 0 spiro atoms. The predicted molar refractivity (Wildman–Crippen MR) is 161 cm³/mol. The van der Waals surface area contributed by atoms with Crippen molar-refractivity contribution in [2.75, 3.05) is 14.2 Å². The third kappa shape index (κ3) is 5.08. The fourth-order valence-electron chi connectivity index (χ4n) is 5.20. The van der Waals surface area contributed by atoms with Gasteiger partial charge in [0.15, 0.2) is 11.5 Å². The van der Waals surface area contributed by atoms with Gasteiger partial charge in [0.2, 0.25) is 0 Å². The number of ether oxygens (including phenoxy) is 3. The van der Waals surface area contributed by atoms with E-state index in [9.17, 15) is 9.59 Å². The van der Waals surface area contributed by atoms with Gasteiger partial charge in [-0.25, -0.2) is 9.80 Å². The van der Waals surface area contributed by atoms with Crippen LogP contribution in [-0.4, -0.2) is 36.8 Å². The zero-order valence-corrected chi connectivity index (χ0v) is 23.2. The van der Waals surface area contributed by atoms with E-state index in [4.69, 9.17) is 19.3 Å². The van der Waals surface area contributed by atoms with Crippen LogP contribution in [0.5, 0.6) is 17.2 Å². The number of hydrogen-bond acceptors (Lipinski definition) is 6. The fraction of sp³-hybridized carbons (Fsp3) is 0.114. The van der Waals surface area contributed by atoms with Gasteiger partial charge < -0.3 is 14.2 Å². The Kier molecular flexibility index (Phi) is 7.39. The highest BCUT2D eigenvalue weighted by molar-refractivity contribution is 6.11. The van der Waals surface area contributed by atoms with Crippen LogP contribution < -0.4 is 14.2 Å². The maximum atomic E-state index is 13.8. The maximum Gasteiger partial charge on any atom is 0.343 e. The average Bonchev–Trinajstić information content (AvgIpc) is 3.50. The Bertz CT molecular complexity index is 1800. The molecule has 1 aliphatic rings. The SMILES string of the molecule is COc1ccc([C@H]2CC(c3ccc4ccccc4c3OC(=O)c3ccccc3)=NN2C(=O)c2ccccc2)cc1OC. The Hall–Kier alpha value is -5.43. The number of rotatable bonds is 7. The van der Waals surface area contributed by atoms with E-state index in [2.05, 4.69) is 0 Å². The smallest absolute Gasteiger partial charge is 0.343 e. The van der Waals surface area contributed by atoms with Crippen LogP contribution in [0.3, 0.4) is 0 Å². The molecule has 1 aliphatic heterocycles. The van der Waals surface area contributed by atoms with Crippen LogP contribution in [-0.2, 0) is 0 Å². The number of hydrazone groups is 1. The summed E-state index contributed by atoms with van der Waals surface area (Å²) in [5, 5.41) is 8.08. The van der Waals surface area contributed by atoms with E-state index < -0.39 is 12.0 Å². The number of amides is 1. The molecule has 0 bridgehead atoms. The van der Waals surface area contributed by atoms with E-state index in [0.717, 1.165) is 16.3 Å². The number of benzene rings is 5. The van der Waals surface area contributed by atoms with Crippen molar-refractivity contribution in [2.24, 2.45) is 5.10 Å². The van der Waals surface area contributed by atoms with Gasteiger partial charge in [-0.3, -0.25) is 4.79 Å². The second-order valence-corrected chi connectivity index (χ2v) is 9.82. The van der Waals surface area contributed by atoms with Crippen molar-refractivity contribution in [3.63, 3.8) is 0 Å². The van der Waals surface area contributed by atoms with Crippen molar-refractivity contribution in [3.05, 3.63) is 138 Å². The minimum atomic E-state index is -0.472. The molecule has 7 heteroatoms. The molecule has 0 saturated heterocycles. The van der Waals surface area contributed by atoms with Gasteiger partial charge >= 0.3 is 5.97 Å². The van der Waals surface area contributed by atoms with Crippen molar-refractivity contribution in [1.29, 1.82) is 0 Å². The molecule has 1 amide bonds. The summed E-state index contributed by atoms with van der Waals surface area (Å²) in [5.41, 5.74) is 3.06. The normalized spacial score (nSPS) is 14.4. The number of esters is 1. The van der Waals surface area contributed by atoms with Gasteiger partial charge in [0.05, 0.1) is 31.5 Å². The molecule has 0 aliphatic carbocycles. The van der Waals surface area contributed by atoms with E-state index in [1.54, 1.807) is 50.6 Å². The number of fused-ring (bicyclic) bond motifs is 1. The molecular formula is C35H28N2O5. The molecule has 208 valence electrons. The van der Waals surface area contributed by atoms with Crippen LogP contribution in [0.4, 0.5) is 0 Å². The molecule has 1 heterocycles. The molecule has 6 rings (SSSR count). The summed E-state index contributed by atoms with van der Waals surface area (Å²) in [6.45, 7) is 0. The summed E-state index contributed by atoms with van der Waals surface area (Å²) in [4.78, 5) is 27.1. The first-order valence-corrected chi connectivity index (χ1v) is 13.5. The molecular weight excluding hydrogens is 528 g/mol. The number of methoxy groups -OCH3 is 2. The van der Waals surface area contributed by atoms with Crippen LogP contribution in [0.1, 0.15) is 44.3 Å². The first-order valence-electron chi connectivity index (χ1n) is 13.5. The molecule has 0 N–H and O–H groups in total. The standard InChI is InChI=1S/C35H28N2O5/c1-40-31-20-18-26(21-32(31)41-2)30-22-29(36-37(30)34(38)24-12-5-3-6-13-24)28-19-17-23-11-9-10-16-27(23)33(28)42-35(39)25-14-7-4-8-15-25/h3-21,30H,22H2,1-2H3/t30-/m1/s1. The minimum absolute atomic E-state index is 0.242. The number of nitrogens with zero attached hydrogens (tertiary/aromatic N) is 2. The van der Waals surface area contributed by atoms with Crippen LogP contribution >= 0.6 is 0 Å². The summed E-state index contributed by atoms with van der Waals surface area (Å²) >= 11 is 0. The average molecular weight is 557 g/mol. The molecule has 0 aromatic heterocycles. The Labute approximate surface area is 243 Å². The van der Waals surface area contributed by atoms with Crippen LogP contribution in [0.15, 0.2) is 120 Å². The molecule has 0 radical (unpaired) electrons. The van der Waals surface area contributed by atoms with E-state index in [1.165, 1.54) is 5.01 Å². The molecule has 5 aromatic carbocycles.